The molecule has 0 spiro atoms. The van der Waals surface area contributed by atoms with E-state index in [9.17, 15) is 0 Å². The summed E-state index contributed by atoms with van der Waals surface area (Å²) >= 11 is 0. The van der Waals surface area contributed by atoms with Gasteiger partial charge in [-0.05, 0) is 23.8 Å². The Bertz CT molecular complexity index is 766. The number of rotatable bonds is 3. The third-order valence-corrected chi connectivity index (χ3v) is 2.98. The van der Waals surface area contributed by atoms with Crippen LogP contribution in [0.3, 0.4) is 0 Å². The van der Waals surface area contributed by atoms with Gasteiger partial charge in [0.1, 0.15) is 18.0 Å². The average Bonchev–Trinajstić information content (AvgIpc) is 2.88. The second kappa shape index (κ2) is 4.90. The van der Waals surface area contributed by atoms with E-state index in [1.165, 1.54) is 6.33 Å². The van der Waals surface area contributed by atoms with Crippen LogP contribution < -0.4 is 11.1 Å². The Morgan fingerprint density at radius 2 is 2.25 bits per heavy atom. The zero-order chi connectivity index (χ0) is 13.9. The van der Waals surface area contributed by atoms with Crippen molar-refractivity contribution in [1.82, 2.24) is 14.4 Å². The van der Waals surface area contributed by atoms with Crippen molar-refractivity contribution in [1.29, 1.82) is 0 Å². The van der Waals surface area contributed by atoms with E-state index in [2.05, 4.69) is 26.2 Å². The average molecular weight is 264 g/mol. The first-order valence-corrected chi connectivity index (χ1v) is 6.05. The van der Waals surface area contributed by atoms with Crippen LogP contribution in [0.1, 0.15) is 5.56 Å². The Hall–Kier alpha value is -3.07. The van der Waals surface area contributed by atoms with Gasteiger partial charge in [-0.1, -0.05) is 6.07 Å². The molecule has 0 atom stereocenters. The van der Waals surface area contributed by atoms with E-state index in [0.717, 1.165) is 11.1 Å². The second-order valence-electron chi connectivity index (χ2n) is 4.30. The van der Waals surface area contributed by atoms with E-state index in [0.29, 0.717) is 12.4 Å². The molecule has 0 saturated carbocycles. The van der Waals surface area contributed by atoms with Gasteiger partial charge in [0.15, 0.2) is 0 Å². The van der Waals surface area contributed by atoms with Crippen molar-refractivity contribution in [3.8, 4) is 0 Å². The van der Waals surface area contributed by atoms with Gasteiger partial charge in [0.05, 0.1) is 6.57 Å². The van der Waals surface area contributed by atoms with Crippen molar-refractivity contribution in [2.24, 2.45) is 0 Å². The molecule has 3 rings (SSSR count). The van der Waals surface area contributed by atoms with Crippen molar-refractivity contribution >= 4 is 22.8 Å². The number of nitrogens with zero attached hydrogens (tertiary/aromatic N) is 4. The monoisotopic (exact) mass is 264 g/mol. The van der Waals surface area contributed by atoms with Crippen LogP contribution in [-0.2, 0) is 6.54 Å². The molecule has 3 aromatic rings. The van der Waals surface area contributed by atoms with Crippen molar-refractivity contribution < 1.29 is 0 Å². The van der Waals surface area contributed by atoms with Crippen LogP contribution in [0.2, 0.25) is 0 Å². The molecular weight excluding hydrogens is 252 g/mol. The normalized spacial score (nSPS) is 10.3. The molecule has 0 aliphatic rings. The predicted octanol–water partition coefficient (Wildman–Crippen LogP) is 2.47. The van der Waals surface area contributed by atoms with Crippen LogP contribution >= 0.6 is 0 Å². The van der Waals surface area contributed by atoms with Crippen LogP contribution in [0.4, 0.5) is 17.3 Å². The molecule has 0 amide bonds. The van der Waals surface area contributed by atoms with E-state index in [-0.39, 0.29) is 11.5 Å². The van der Waals surface area contributed by atoms with Gasteiger partial charge in [-0.2, -0.15) is 0 Å². The molecule has 0 aliphatic heterocycles. The van der Waals surface area contributed by atoms with E-state index >= 15 is 0 Å². The highest BCUT2D eigenvalue weighted by molar-refractivity contribution is 5.75. The maximum Gasteiger partial charge on any atom is 0.268 e. The number of anilines is 2. The lowest BCUT2D eigenvalue weighted by Gasteiger charge is -2.06. The smallest absolute Gasteiger partial charge is 0.268 e. The van der Waals surface area contributed by atoms with Crippen molar-refractivity contribution in [3.05, 3.63) is 60.0 Å². The molecule has 0 aliphatic carbocycles. The number of nitrogens with one attached hydrogen (secondary N) is 1. The van der Waals surface area contributed by atoms with Gasteiger partial charge in [0, 0.05) is 24.5 Å². The summed E-state index contributed by atoms with van der Waals surface area (Å²) in [5.74, 6) is 0.655. The van der Waals surface area contributed by atoms with Gasteiger partial charge in [-0.3, -0.25) is 0 Å². The van der Waals surface area contributed by atoms with Gasteiger partial charge < -0.3 is 15.5 Å². The Morgan fingerprint density at radius 3 is 3.05 bits per heavy atom. The minimum absolute atomic E-state index is 0.194. The summed E-state index contributed by atoms with van der Waals surface area (Å²) < 4.78 is 2.04. The molecule has 0 fully saturated rings. The highest BCUT2D eigenvalue weighted by atomic mass is 15.1. The maximum atomic E-state index is 7.12. The fourth-order valence-electron chi connectivity index (χ4n) is 2.03. The van der Waals surface area contributed by atoms with Gasteiger partial charge in [-0.25, -0.2) is 14.8 Å². The van der Waals surface area contributed by atoms with Crippen LogP contribution in [0, 0.1) is 6.57 Å². The fraction of sp³-hybridized carbons (Fsp3) is 0.0714. The summed E-state index contributed by atoms with van der Waals surface area (Å²) in [5, 5.41) is 3.12. The SMILES string of the molecule is [C-]#[N+]c1c(N)ncnc1NCc1cc2ccccn2c1. The Kier molecular flexibility index (Phi) is 2.94. The molecule has 0 aromatic carbocycles. The summed E-state index contributed by atoms with van der Waals surface area (Å²) in [5.41, 5.74) is 8.14. The minimum atomic E-state index is 0.194. The van der Waals surface area contributed by atoms with Crippen LogP contribution in [0.15, 0.2) is 43.0 Å². The van der Waals surface area contributed by atoms with E-state index < -0.39 is 0 Å². The first-order chi connectivity index (χ1) is 9.78. The molecule has 20 heavy (non-hydrogen) atoms. The topological polar surface area (TPSA) is 72.6 Å². The first-order valence-electron chi connectivity index (χ1n) is 6.05. The van der Waals surface area contributed by atoms with Gasteiger partial charge in [-0.15, -0.1) is 0 Å². The Morgan fingerprint density at radius 1 is 1.35 bits per heavy atom. The molecule has 6 nitrogen and oxygen atoms in total. The Balaban J connectivity index is 1.83. The summed E-state index contributed by atoms with van der Waals surface area (Å²) in [6.45, 7) is 7.69. The molecule has 6 heteroatoms. The van der Waals surface area contributed by atoms with Crippen LogP contribution in [0.25, 0.3) is 10.4 Å². The number of hydrogen-bond acceptors (Lipinski definition) is 4. The quantitative estimate of drug-likeness (QED) is 0.713. The maximum absolute atomic E-state index is 7.12. The first kappa shape index (κ1) is 12.0. The van der Waals surface area contributed by atoms with Gasteiger partial charge in [0.2, 0.25) is 0 Å². The van der Waals surface area contributed by atoms with Crippen molar-refractivity contribution in [2.45, 2.75) is 6.54 Å². The number of fused-ring (bicyclic) bond motifs is 1. The lowest BCUT2D eigenvalue weighted by molar-refractivity contribution is 1.08. The zero-order valence-electron chi connectivity index (χ0n) is 10.6. The molecule has 98 valence electrons. The van der Waals surface area contributed by atoms with Gasteiger partial charge >= 0.3 is 0 Å². The van der Waals surface area contributed by atoms with Crippen molar-refractivity contribution in [2.75, 3.05) is 11.1 Å². The standard InChI is InChI=1S/C14H12N6/c1-16-12-13(15)18-9-19-14(12)17-7-10-6-11-4-2-3-5-20(11)8-10/h2-6,8-9H,7H2,(H3,15,17,18,19). The zero-order valence-corrected chi connectivity index (χ0v) is 10.6. The third-order valence-electron chi connectivity index (χ3n) is 2.98. The molecule has 3 aromatic heterocycles. The number of nitrogens with two attached hydrogens (primary N) is 1. The van der Waals surface area contributed by atoms with Crippen LogP contribution in [-0.4, -0.2) is 14.4 Å². The molecule has 0 saturated heterocycles. The van der Waals surface area contributed by atoms with Crippen LogP contribution in [0.5, 0.6) is 0 Å². The molecule has 0 bridgehead atoms. The molecule has 0 radical (unpaired) electrons. The third kappa shape index (κ3) is 2.12. The summed E-state index contributed by atoms with van der Waals surface area (Å²) in [6, 6.07) is 8.09. The predicted molar refractivity (Wildman–Crippen MR) is 77.4 cm³/mol. The number of pyridine rings is 1. The summed E-state index contributed by atoms with van der Waals surface area (Å²) in [7, 11) is 0. The lowest BCUT2D eigenvalue weighted by Crippen LogP contribution is -2.03. The molecular formula is C14H12N6. The number of hydrogen-bond donors (Lipinski definition) is 2. The molecule has 0 unspecified atom stereocenters. The number of aromatic nitrogens is 3. The Labute approximate surface area is 115 Å². The second-order valence-corrected chi connectivity index (χ2v) is 4.30. The lowest BCUT2D eigenvalue weighted by atomic mass is 10.3. The highest BCUT2D eigenvalue weighted by Crippen LogP contribution is 2.27. The van der Waals surface area contributed by atoms with E-state index in [1.54, 1.807) is 0 Å². The highest BCUT2D eigenvalue weighted by Gasteiger charge is 2.08. The minimum Gasteiger partial charge on any atom is -0.392 e. The van der Waals surface area contributed by atoms with E-state index in [4.69, 9.17) is 12.3 Å². The summed E-state index contributed by atoms with van der Waals surface area (Å²) in [6.07, 6.45) is 5.37. The van der Waals surface area contributed by atoms with Gasteiger partial charge in [0.25, 0.3) is 5.69 Å². The number of nitrogen functional groups attached to an aromatic ring is 1. The molecule has 3 heterocycles. The molecule has 3 N–H and O–H groups in total. The van der Waals surface area contributed by atoms with Crippen molar-refractivity contribution in [3.63, 3.8) is 0 Å². The largest absolute Gasteiger partial charge is 0.392 e. The fourth-order valence-corrected chi connectivity index (χ4v) is 2.03. The summed E-state index contributed by atoms with van der Waals surface area (Å²) in [4.78, 5) is 11.2. The van der Waals surface area contributed by atoms with E-state index in [1.807, 2.05) is 35.0 Å².